The average molecular weight is 327 g/mol. The van der Waals surface area contributed by atoms with Crippen LogP contribution >= 0.6 is 0 Å². The molecule has 3 rings (SSSR count). The van der Waals surface area contributed by atoms with Crippen molar-refractivity contribution in [3.63, 3.8) is 0 Å². The predicted molar refractivity (Wildman–Crippen MR) is 101 cm³/mol. The van der Waals surface area contributed by atoms with E-state index in [1.54, 1.807) is 0 Å². The highest BCUT2D eigenvalue weighted by molar-refractivity contribution is 5.92. The zero-order valence-electron chi connectivity index (χ0n) is 14.9. The molecule has 4 heteroatoms. The van der Waals surface area contributed by atoms with Gasteiger partial charge in [0.15, 0.2) is 0 Å². The van der Waals surface area contributed by atoms with Crippen molar-refractivity contribution in [3.05, 3.63) is 36.0 Å². The van der Waals surface area contributed by atoms with E-state index in [0.717, 1.165) is 51.0 Å². The van der Waals surface area contributed by atoms with Gasteiger partial charge in [-0.2, -0.15) is 0 Å². The van der Waals surface area contributed by atoms with E-state index in [1.165, 1.54) is 16.8 Å². The number of aliphatic hydroxyl groups is 1. The molecule has 0 aliphatic carbocycles. The van der Waals surface area contributed by atoms with Crippen LogP contribution in [0, 0.1) is 0 Å². The number of rotatable bonds is 6. The highest BCUT2D eigenvalue weighted by Gasteiger charge is 2.23. The molecule has 0 radical (unpaired) electrons. The Morgan fingerprint density at radius 3 is 2.54 bits per heavy atom. The standard InChI is InChI=1S/C20H29N3O/c1-3-7-16-14-20(18-8-5-6-9-19(18)21-16)23-12-10-22(11-13-23)17(4-2)15-24/h5-6,8-9,14,17,24H,3-4,7,10-13,15H2,1-2H3. The molecule has 0 spiro atoms. The van der Waals surface area contributed by atoms with Crippen LogP contribution in [0.2, 0.25) is 0 Å². The lowest BCUT2D eigenvalue weighted by Crippen LogP contribution is -2.51. The molecule has 130 valence electrons. The minimum absolute atomic E-state index is 0.259. The van der Waals surface area contributed by atoms with Gasteiger partial charge in [-0.25, -0.2) is 0 Å². The number of aliphatic hydroxyl groups excluding tert-OH is 1. The van der Waals surface area contributed by atoms with Crippen LogP contribution in [-0.2, 0) is 6.42 Å². The molecule has 1 aromatic heterocycles. The Morgan fingerprint density at radius 2 is 1.88 bits per heavy atom. The molecule has 1 aliphatic rings. The number of benzene rings is 1. The van der Waals surface area contributed by atoms with Gasteiger partial charge in [-0.05, 0) is 25.0 Å². The van der Waals surface area contributed by atoms with Gasteiger partial charge >= 0.3 is 0 Å². The van der Waals surface area contributed by atoms with E-state index in [1.807, 2.05) is 0 Å². The Kier molecular flexibility index (Phi) is 5.69. The quantitative estimate of drug-likeness (QED) is 0.885. The predicted octanol–water partition coefficient (Wildman–Crippen LogP) is 3.08. The van der Waals surface area contributed by atoms with E-state index in [-0.39, 0.29) is 6.61 Å². The van der Waals surface area contributed by atoms with Crippen LogP contribution in [-0.4, -0.2) is 53.8 Å². The van der Waals surface area contributed by atoms with Crippen molar-refractivity contribution >= 4 is 16.6 Å². The Labute approximate surface area is 145 Å². The van der Waals surface area contributed by atoms with Crippen molar-refractivity contribution in [1.29, 1.82) is 0 Å². The zero-order valence-corrected chi connectivity index (χ0v) is 14.9. The largest absolute Gasteiger partial charge is 0.395 e. The van der Waals surface area contributed by atoms with E-state index >= 15 is 0 Å². The number of anilines is 1. The van der Waals surface area contributed by atoms with Crippen LogP contribution < -0.4 is 4.90 Å². The second-order valence-corrected chi connectivity index (χ2v) is 6.67. The lowest BCUT2D eigenvalue weighted by molar-refractivity contribution is 0.114. The number of nitrogens with zero attached hydrogens (tertiary/aromatic N) is 3. The van der Waals surface area contributed by atoms with Gasteiger partial charge in [0, 0.05) is 49.0 Å². The minimum Gasteiger partial charge on any atom is -0.395 e. The highest BCUT2D eigenvalue weighted by Crippen LogP contribution is 2.28. The first kappa shape index (κ1) is 17.2. The van der Waals surface area contributed by atoms with Crippen LogP contribution in [0.1, 0.15) is 32.4 Å². The second-order valence-electron chi connectivity index (χ2n) is 6.67. The lowest BCUT2D eigenvalue weighted by atomic mass is 10.1. The third kappa shape index (κ3) is 3.55. The van der Waals surface area contributed by atoms with Crippen LogP contribution in [0.25, 0.3) is 10.9 Å². The molecule has 1 N–H and O–H groups in total. The second kappa shape index (κ2) is 7.95. The van der Waals surface area contributed by atoms with Crippen LogP contribution in [0.5, 0.6) is 0 Å². The minimum atomic E-state index is 0.259. The Morgan fingerprint density at radius 1 is 1.12 bits per heavy atom. The van der Waals surface area contributed by atoms with Crippen molar-refractivity contribution in [1.82, 2.24) is 9.88 Å². The third-order valence-corrected chi connectivity index (χ3v) is 5.11. The van der Waals surface area contributed by atoms with Crippen molar-refractivity contribution < 1.29 is 5.11 Å². The van der Waals surface area contributed by atoms with Gasteiger partial charge in [-0.15, -0.1) is 0 Å². The number of para-hydroxylation sites is 1. The van der Waals surface area contributed by atoms with Gasteiger partial charge in [0.1, 0.15) is 0 Å². The van der Waals surface area contributed by atoms with E-state index in [2.05, 4.69) is 54.0 Å². The zero-order chi connectivity index (χ0) is 16.9. The number of hydrogen-bond acceptors (Lipinski definition) is 4. The Balaban J connectivity index is 1.84. The fourth-order valence-electron chi connectivity index (χ4n) is 3.69. The Hall–Kier alpha value is -1.65. The van der Waals surface area contributed by atoms with Gasteiger partial charge in [-0.3, -0.25) is 9.88 Å². The van der Waals surface area contributed by atoms with Gasteiger partial charge in [0.05, 0.1) is 12.1 Å². The molecule has 2 heterocycles. The van der Waals surface area contributed by atoms with E-state index in [0.29, 0.717) is 6.04 Å². The molecule has 24 heavy (non-hydrogen) atoms. The summed E-state index contributed by atoms with van der Waals surface area (Å²) in [6, 6.07) is 11.1. The van der Waals surface area contributed by atoms with E-state index < -0.39 is 0 Å². The Bertz CT molecular complexity index is 661. The molecule has 1 atom stereocenters. The van der Waals surface area contributed by atoms with E-state index in [9.17, 15) is 5.11 Å². The summed E-state index contributed by atoms with van der Waals surface area (Å²) < 4.78 is 0. The highest BCUT2D eigenvalue weighted by atomic mass is 16.3. The van der Waals surface area contributed by atoms with E-state index in [4.69, 9.17) is 4.98 Å². The smallest absolute Gasteiger partial charge is 0.0726 e. The molecular weight excluding hydrogens is 298 g/mol. The summed E-state index contributed by atoms with van der Waals surface area (Å²) in [5.74, 6) is 0. The molecule has 2 aromatic rings. The van der Waals surface area contributed by atoms with Gasteiger partial charge < -0.3 is 10.0 Å². The molecule has 0 bridgehead atoms. The first-order chi connectivity index (χ1) is 11.8. The number of pyridine rings is 1. The number of piperazine rings is 1. The molecule has 1 aromatic carbocycles. The first-order valence-electron chi connectivity index (χ1n) is 9.25. The maximum absolute atomic E-state index is 9.53. The van der Waals surface area contributed by atoms with Gasteiger partial charge in [0.2, 0.25) is 0 Å². The monoisotopic (exact) mass is 327 g/mol. The van der Waals surface area contributed by atoms with Crippen molar-refractivity contribution in [3.8, 4) is 0 Å². The molecule has 1 fully saturated rings. The fraction of sp³-hybridized carbons (Fsp3) is 0.550. The van der Waals surface area contributed by atoms with Crippen LogP contribution in [0.15, 0.2) is 30.3 Å². The number of aromatic nitrogens is 1. The van der Waals surface area contributed by atoms with Gasteiger partial charge in [0.25, 0.3) is 0 Å². The summed E-state index contributed by atoms with van der Waals surface area (Å²) in [6.07, 6.45) is 3.16. The molecule has 1 saturated heterocycles. The summed E-state index contributed by atoms with van der Waals surface area (Å²) in [5, 5.41) is 10.8. The molecule has 0 saturated carbocycles. The van der Waals surface area contributed by atoms with Crippen molar-refractivity contribution in [2.24, 2.45) is 0 Å². The summed E-state index contributed by atoms with van der Waals surface area (Å²) in [6.45, 7) is 8.66. The summed E-state index contributed by atoms with van der Waals surface area (Å²) >= 11 is 0. The van der Waals surface area contributed by atoms with Gasteiger partial charge in [-0.1, -0.05) is 38.5 Å². The lowest BCUT2D eigenvalue weighted by Gasteiger charge is -2.40. The maximum Gasteiger partial charge on any atom is 0.0726 e. The van der Waals surface area contributed by atoms with Crippen LogP contribution in [0.3, 0.4) is 0 Å². The summed E-state index contributed by atoms with van der Waals surface area (Å²) in [5.41, 5.74) is 3.61. The molecule has 1 aliphatic heterocycles. The molecule has 1 unspecified atom stereocenters. The molecule has 4 nitrogen and oxygen atoms in total. The average Bonchev–Trinajstić information content (AvgIpc) is 2.63. The first-order valence-corrected chi connectivity index (χ1v) is 9.25. The number of fused-ring (bicyclic) bond motifs is 1. The number of aryl methyl sites for hydroxylation is 1. The molecule has 0 amide bonds. The van der Waals surface area contributed by atoms with Crippen LogP contribution in [0.4, 0.5) is 5.69 Å². The fourth-order valence-corrected chi connectivity index (χ4v) is 3.69. The van der Waals surface area contributed by atoms with Crippen molar-refractivity contribution in [2.45, 2.75) is 39.2 Å². The topological polar surface area (TPSA) is 39.6 Å². The molecular formula is C20H29N3O. The number of hydrogen-bond donors (Lipinski definition) is 1. The van der Waals surface area contributed by atoms with Crippen molar-refractivity contribution in [2.75, 3.05) is 37.7 Å². The summed E-state index contributed by atoms with van der Waals surface area (Å²) in [7, 11) is 0. The third-order valence-electron chi connectivity index (χ3n) is 5.11. The SMILES string of the molecule is CCCc1cc(N2CCN(C(CC)CO)CC2)c2ccccc2n1. The normalized spacial score (nSPS) is 17.4. The maximum atomic E-state index is 9.53. The summed E-state index contributed by atoms with van der Waals surface area (Å²) in [4.78, 5) is 9.73.